The molecule has 20 heavy (non-hydrogen) atoms. The Morgan fingerprint density at radius 3 is 3.00 bits per heavy atom. The number of para-hydroxylation sites is 1. The van der Waals surface area contributed by atoms with Crippen LogP contribution in [-0.4, -0.2) is 36.8 Å². The summed E-state index contributed by atoms with van der Waals surface area (Å²) in [5.74, 6) is -1.34. The SMILES string of the molecule is O=C1CC(CS(=O)(=O)F)CN1c1cccc2cn[nH]c12. The molecule has 0 aliphatic carbocycles. The number of carbonyl (C=O) groups is 1. The monoisotopic (exact) mass is 297 g/mol. The van der Waals surface area contributed by atoms with E-state index in [1.54, 1.807) is 18.3 Å². The zero-order chi connectivity index (χ0) is 14.3. The molecular formula is C12H12FN3O3S. The second kappa shape index (κ2) is 4.55. The summed E-state index contributed by atoms with van der Waals surface area (Å²) in [7, 11) is -4.57. The number of amides is 1. The van der Waals surface area contributed by atoms with E-state index in [1.165, 1.54) is 4.90 Å². The van der Waals surface area contributed by atoms with Gasteiger partial charge in [0, 0.05) is 24.3 Å². The van der Waals surface area contributed by atoms with Crippen LogP contribution in [-0.2, 0) is 15.0 Å². The molecule has 1 N–H and O–H groups in total. The molecule has 2 aromatic rings. The number of hydrogen-bond donors (Lipinski definition) is 1. The van der Waals surface area contributed by atoms with Crippen LogP contribution in [0.3, 0.4) is 0 Å². The number of fused-ring (bicyclic) bond motifs is 1. The van der Waals surface area contributed by atoms with E-state index in [1.807, 2.05) is 6.07 Å². The summed E-state index contributed by atoms with van der Waals surface area (Å²) in [6.07, 6.45) is 1.68. The molecule has 1 aromatic heterocycles. The lowest BCUT2D eigenvalue weighted by Crippen LogP contribution is -2.25. The van der Waals surface area contributed by atoms with Crippen molar-refractivity contribution in [2.75, 3.05) is 17.2 Å². The van der Waals surface area contributed by atoms with Crippen molar-refractivity contribution >= 4 is 32.7 Å². The molecular weight excluding hydrogens is 285 g/mol. The van der Waals surface area contributed by atoms with Crippen LogP contribution >= 0.6 is 0 Å². The number of aromatic nitrogens is 2. The maximum atomic E-state index is 12.7. The lowest BCUT2D eigenvalue weighted by Gasteiger charge is -2.17. The highest BCUT2D eigenvalue weighted by Crippen LogP contribution is 2.30. The molecule has 3 rings (SSSR count). The molecule has 6 nitrogen and oxygen atoms in total. The van der Waals surface area contributed by atoms with Gasteiger partial charge in [-0.2, -0.15) is 13.5 Å². The summed E-state index contributed by atoms with van der Waals surface area (Å²) in [5, 5.41) is 7.59. The van der Waals surface area contributed by atoms with Crippen molar-refractivity contribution in [3.63, 3.8) is 0 Å². The molecule has 0 radical (unpaired) electrons. The number of hydrogen-bond acceptors (Lipinski definition) is 4. The molecule has 1 aliphatic rings. The first-order chi connectivity index (χ1) is 9.44. The number of halogens is 1. The number of benzene rings is 1. The molecule has 1 amide bonds. The molecule has 0 bridgehead atoms. The fraction of sp³-hybridized carbons (Fsp3) is 0.333. The first-order valence-corrected chi connectivity index (χ1v) is 7.64. The Labute approximate surface area is 114 Å². The van der Waals surface area contributed by atoms with Gasteiger partial charge in [-0.3, -0.25) is 9.89 Å². The Bertz CT molecular complexity index is 771. The fourth-order valence-corrected chi connectivity index (χ4v) is 3.37. The van der Waals surface area contributed by atoms with Gasteiger partial charge in [0.1, 0.15) is 0 Å². The second-order valence-electron chi connectivity index (χ2n) is 4.89. The third kappa shape index (κ3) is 2.38. The van der Waals surface area contributed by atoms with Gasteiger partial charge in [0.05, 0.1) is 23.2 Å². The molecule has 0 spiro atoms. The third-order valence-electron chi connectivity index (χ3n) is 3.39. The van der Waals surface area contributed by atoms with Gasteiger partial charge in [-0.1, -0.05) is 12.1 Å². The van der Waals surface area contributed by atoms with Crippen molar-refractivity contribution in [1.29, 1.82) is 0 Å². The molecule has 0 saturated carbocycles. The van der Waals surface area contributed by atoms with Gasteiger partial charge in [-0.05, 0) is 6.07 Å². The number of carbonyl (C=O) groups excluding carboxylic acids is 1. The van der Waals surface area contributed by atoms with Gasteiger partial charge >= 0.3 is 10.2 Å². The van der Waals surface area contributed by atoms with Crippen LogP contribution < -0.4 is 4.90 Å². The predicted molar refractivity (Wildman–Crippen MR) is 71.4 cm³/mol. The molecule has 1 aliphatic heterocycles. The Balaban J connectivity index is 1.91. The van der Waals surface area contributed by atoms with E-state index in [2.05, 4.69) is 10.2 Å². The zero-order valence-corrected chi connectivity index (χ0v) is 11.2. The molecule has 1 fully saturated rings. The number of rotatable bonds is 3. The average molecular weight is 297 g/mol. The van der Waals surface area contributed by atoms with Gasteiger partial charge in [-0.25, -0.2) is 0 Å². The van der Waals surface area contributed by atoms with Crippen molar-refractivity contribution in [1.82, 2.24) is 10.2 Å². The van der Waals surface area contributed by atoms with E-state index in [0.29, 0.717) is 11.2 Å². The van der Waals surface area contributed by atoms with Gasteiger partial charge in [0.2, 0.25) is 5.91 Å². The summed E-state index contributed by atoms with van der Waals surface area (Å²) in [6.45, 7) is 0.195. The minimum atomic E-state index is -4.57. The predicted octanol–water partition coefficient (Wildman–Crippen LogP) is 1.22. The molecule has 1 unspecified atom stereocenters. The van der Waals surface area contributed by atoms with E-state index in [0.717, 1.165) is 5.39 Å². The molecule has 1 saturated heterocycles. The lowest BCUT2D eigenvalue weighted by atomic mass is 10.1. The van der Waals surface area contributed by atoms with E-state index >= 15 is 0 Å². The van der Waals surface area contributed by atoms with E-state index in [-0.39, 0.29) is 18.9 Å². The molecule has 106 valence electrons. The first kappa shape index (κ1) is 13.0. The normalized spacial score (nSPS) is 19.9. The Morgan fingerprint density at radius 2 is 2.25 bits per heavy atom. The van der Waals surface area contributed by atoms with Crippen molar-refractivity contribution in [3.05, 3.63) is 24.4 Å². The van der Waals surface area contributed by atoms with Crippen LogP contribution in [0.1, 0.15) is 6.42 Å². The second-order valence-corrected chi connectivity index (χ2v) is 6.30. The standard InChI is InChI=1S/C12H12FN3O3S/c13-20(18,19)7-8-4-11(17)16(6-8)10-3-1-2-9-5-14-15-12(9)10/h1-3,5,8H,4,6-7H2,(H,14,15). The number of H-pyrrole nitrogens is 1. The zero-order valence-electron chi connectivity index (χ0n) is 10.4. The smallest absolute Gasteiger partial charge is 0.302 e. The molecule has 2 heterocycles. The maximum absolute atomic E-state index is 12.7. The molecule has 1 aromatic carbocycles. The summed E-state index contributed by atoms with van der Waals surface area (Å²) >= 11 is 0. The highest BCUT2D eigenvalue weighted by Gasteiger charge is 2.34. The number of nitrogens with one attached hydrogen (secondary N) is 1. The van der Waals surface area contributed by atoms with Crippen LogP contribution in [0, 0.1) is 5.92 Å². The maximum Gasteiger partial charge on any atom is 0.302 e. The summed E-state index contributed by atoms with van der Waals surface area (Å²) in [4.78, 5) is 13.5. The van der Waals surface area contributed by atoms with Crippen LogP contribution in [0.4, 0.5) is 9.57 Å². The lowest BCUT2D eigenvalue weighted by molar-refractivity contribution is -0.117. The molecule has 1 atom stereocenters. The Morgan fingerprint density at radius 1 is 1.45 bits per heavy atom. The summed E-state index contributed by atoms with van der Waals surface area (Å²) in [6, 6.07) is 5.40. The van der Waals surface area contributed by atoms with Gasteiger partial charge in [0.15, 0.2) is 0 Å². The molecule has 8 heteroatoms. The third-order valence-corrected chi connectivity index (χ3v) is 4.25. The number of nitrogens with zero attached hydrogens (tertiary/aromatic N) is 2. The van der Waals surface area contributed by atoms with Crippen LogP contribution in [0.15, 0.2) is 24.4 Å². The van der Waals surface area contributed by atoms with E-state index < -0.39 is 21.9 Å². The number of aromatic amines is 1. The Kier molecular flexibility index (Phi) is 2.97. The van der Waals surface area contributed by atoms with E-state index in [4.69, 9.17) is 0 Å². The minimum absolute atomic E-state index is 0.0354. The topological polar surface area (TPSA) is 83.1 Å². The quantitative estimate of drug-likeness (QED) is 0.863. The highest BCUT2D eigenvalue weighted by molar-refractivity contribution is 7.86. The largest absolute Gasteiger partial charge is 0.310 e. The minimum Gasteiger partial charge on any atom is -0.310 e. The Hall–Kier alpha value is -1.96. The van der Waals surface area contributed by atoms with Crippen molar-refractivity contribution in [2.45, 2.75) is 6.42 Å². The van der Waals surface area contributed by atoms with Gasteiger partial charge < -0.3 is 4.90 Å². The van der Waals surface area contributed by atoms with Gasteiger partial charge in [0.25, 0.3) is 0 Å². The summed E-state index contributed by atoms with van der Waals surface area (Å²) < 4.78 is 34.1. The average Bonchev–Trinajstić information content (AvgIpc) is 2.93. The van der Waals surface area contributed by atoms with Crippen LogP contribution in [0.25, 0.3) is 10.9 Å². The highest BCUT2D eigenvalue weighted by atomic mass is 32.3. The summed E-state index contributed by atoms with van der Waals surface area (Å²) in [5.41, 5.74) is 1.35. The van der Waals surface area contributed by atoms with Gasteiger partial charge in [-0.15, -0.1) is 3.89 Å². The van der Waals surface area contributed by atoms with Crippen LogP contribution in [0.5, 0.6) is 0 Å². The number of anilines is 1. The fourth-order valence-electron chi connectivity index (χ4n) is 2.59. The van der Waals surface area contributed by atoms with E-state index in [9.17, 15) is 17.1 Å². The van der Waals surface area contributed by atoms with Crippen molar-refractivity contribution in [2.24, 2.45) is 5.92 Å². The van der Waals surface area contributed by atoms with Crippen LogP contribution in [0.2, 0.25) is 0 Å². The first-order valence-electron chi connectivity index (χ1n) is 6.09. The van der Waals surface area contributed by atoms with Crippen molar-refractivity contribution < 1.29 is 17.1 Å². The van der Waals surface area contributed by atoms with Crippen molar-refractivity contribution in [3.8, 4) is 0 Å².